The van der Waals surface area contributed by atoms with Crippen molar-refractivity contribution < 1.29 is 22.7 Å². The van der Waals surface area contributed by atoms with E-state index >= 15 is 0 Å². The van der Waals surface area contributed by atoms with Crippen LogP contribution in [0.3, 0.4) is 0 Å². The van der Waals surface area contributed by atoms with Crippen LogP contribution in [0.25, 0.3) is 0 Å². The average Bonchev–Trinajstić information content (AvgIpc) is 3.26. The molecule has 3 aromatic rings. The summed E-state index contributed by atoms with van der Waals surface area (Å²) in [7, 11) is -3.36. The predicted octanol–water partition coefficient (Wildman–Crippen LogP) is 3.32. The molecule has 0 aliphatic carbocycles. The number of hydrogen-bond donors (Lipinski definition) is 2. The Balaban J connectivity index is 1.31. The minimum Gasteiger partial charge on any atom is -0.489 e. The third-order valence-electron chi connectivity index (χ3n) is 5.32. The maximum absolute atomic E-state index is 12.5. The van der Waals surface area contributed by atoms with Crippen molar-refractivity contribution in [1.29, 1.82) is 0 Å². The quantitative estimate of drug-likeness (QED) is 0.506. The lowest BCUT2D eigenvalue weighted by Gasteiger charge is -2.16. The number of nitrogens with one attached hydrogen (secondary N) is 2. The lowest BCUT2D eigenvalue weighted by atomic mass is 10.1. The summed E-state index contributed by atoms with van der Waals surface area (Å²) < 4.78 is 30.7. The number of ether oxygens (including phenoxy) is 1. The maximum Gasteiger partial charge on any atom is 0.269 e. The first-order valence-electron chi connectivity index (χ1n) is 10.4. The van der Waals surface area contributed by atoms with Gasteiger partial charge < -0.3 is 4.74 Å². The second-order valence-corrected chi connectivity index (χ2v) is 10.1. The number of carbonyl (C=O) groups excluding carboxylic acids is 2. The number of hydrazine groups is 1. The number of benzene rings is 3. The molecule has 1 aliphatic rings. The van der Waals surface area contributed by atoms with Crippen LogP contribution in [0.2, 0.25) is 5.02 Å². The Hall–Kier alpha value is -3.56. The summed E-state index contributed by atoms with van der Waals surface area (Å²) in [5.41, 5.74) is 7.68. The van der Waals surface area contributed by atoms with Crippen LogP contribution in [-0.4, -0.2) is 33.0 Å². The maximum atomic E-state index is 12.5. The van der Waals surface area contributed by atoms with Gasteiger partial charge in [0.2, 0.25) is 10.0 Å². The van der Waals surface area contributed by atoms with Gasteiger partial charge in [-0.1, -0.05) is 23.7 Å². The Morgan fingerprint density at radius 2 is 1.56 bits per heavy atom. The van der Waals surface area contributed by atoms with E-state index in [1.165, 1.54) is 10.4 Å². The number of hydrogen-bond acceptors (Lipinski definition) is 5. The van der Waals surface area contributed by atoms with Crippen LogP contribution >= 0.6 is 11.6 Å². The number of nitrogens with zero attached hydrogens (tertiary/aromatic N) is 1. The van der Waals surface area contributed by atoms with Gasteiger partial charge in [0.25, 0.3) is 11.8 Å². The Morgan fingerprint density at radius 1 is 0.941 bits per heavy atom. The highest BCUT2D eigenvalue weighted by Gasteiger charge is 2.26. The normalized spacial score (nSPS) is 12.7. The van der Waals surface area contributed by atoms with Crippen molar-refractivity contribution >= 4 is 39.1 Å². The van der Waals surface area contributed by atoms with Crippen molar-refractivity contribution in [2.24, 2.45) is 0 Å². The predicted molar refractivity (Wildman–Crippen MR) is 129 cm³/mol. The molecule has 176 valence electrons. The fourth-order valence-electron chi connectivity index (χ4n) is 3.56. The van der Waals surface area contributed by atoms with Crippen molar-refractivity contribution in [3.8, 4) is 5.75 Å². The molecule has 34 heavy (non-hydrogen) atoms. The third kappa shape index (κ3) is 5.49. The van der Waals surface area contributed by atoms with E-state index < -0.39 is 21.8 Å². The molecule has 10 heteroatoms. The summed E-state index contributed by atoms with van der Waals surface area (Å²) in [5.74, 6) is -0.283. The van der Waals surface area contributed by atoms with Crippen LogP contribution < -0.4 is 19.9 Å². The molecule has 4 rings (SSSR count). The Kier molecular flexibility index (Phi) is 6.76. The molecule has 8 nitrogen and oxygen atoms in total. The lowest BCUT2D eigenvalue weighted by Crippen LogP contribution is -2.41. The van der Waals surface area contributed by atoms with E-state index in [2.05, 4.69) is 10.9 Å². The zero-order valence-corrected chi connectivity index (χ0v) is 19.8. The van der Waals surface area contributed by atoms with Crippen LogP contribution in [0.5, 0.6) is 5.75 Å². The smallest absolute Gasteiger partial charge is 0.269 e. The minimum absolute atomic E-state index is 0.323. The average molecular weight is 500 g/mol. The van der Waals surface area contributed by atoms with Gasteiger partial charge in [0, 0.05) is 22.7 Å². The van der Waals surface area contributed by atoms with E-state index in [1.54, 1.807) is 60.7 Å². The molecule has 1 heterocycles. The minimum atomic E-state index is -3.36. The third-order valence-corrected chi connectivity index (χ3v) is 6.75. The summed E-state index contributed by atoms with van der Waals surface area (Å²) in [6, 6.07) is 18.6. The van der Waals surface area contributed by atoms with Crippen molar-refractivity contribution in [2.75, 3.05) is 17.1 Å². The number of amides is 2. The van der Waals surface area contributed by atoms with Crippen molar-refractivity contribution in [3.05, 3.63) is 94.0 Å². The first-order chi connectivity index (χ1) is 16.2. The lowest BCUT2D eigenvalue weighted by molar-refractivity contribution is 0.0846. The Morgan fingerprint density at radius 3 is 2.21 bits per heavy atom. The fourth-order valence-corrected chi connectivity index (χ4v) is 4.65. The number of halogens is 1. The van der Waals surface area contributed by atoms with Crippen molar-refractivity contribution in [3.63, 3.8) is 0 Å². The fraction of sp³-hybridized carbons (Fsp3) is 0.167. The van der Waals surface area contributed by atoms with Crippen LogP contribution in [0.1, 0.15) is 31.8 Å². The molecule has 0 saturated carbocycles. The highest BCUT2D eigenvalue weighted by Crippen LogP contribution is 2.30. The van der Waals surface area contributed by atoms with Gasteiger partial charge in [0.15, 0.2) is 0 Å². The van der Waals surface area contributed by atoms with Gasteiger partial charge >= 0.3 is 0 Å². The van der Waals surface area contributed by atoms with E-state index in [4.69, 9.17) is 16.3 Å². The summed E-state index contributed by atoms with van der Waals surface area (Å²) in [6.45, 7) is 0.673. The van der Waals surface area contributed by atoms with Gasteiger partial charge in [-0.2, -0.15) is 0 Å². The molecular weight excluding hydrogens is 478 g/mol. The highest BCUT2D eigenvalue weighted by molar-refractivity contribution is 7.92. The molecule has 0 unspecified atom stereocenters. The summed E-state index contributed by atoms with van der Waals surface area (Å²) in [6.07, 6.45) is 1.67. The second kappa shape index (κ2) is 9.74. The van der Waals surface area contributed by atoms with Crippen LogP contribution in [0.15, 0.2) is 66.7 Å². The Bertz CT molecular complexity index is 1330. The molecule has 0 atom stereocenters. The molecule has 2 N–H and O–H groups in total. The zero-order chi connectivity index (χ0) is 24.3. The van der Waals surface area contributed by atoms with E-state index in [9.17, 15) is 18.0 Å². The van der Waals surface area contributed by atoms with Gasteiger partial charge in [-0.15, -0.1) is 0 Å². The van der Waals surface area contributed by atoms with Gasteiger partial charge in [0.05, 0.1) is 11.9 Å². The topological polar surface area (TPSA) is 105 Å². The molecule has 0 radical (unpaired) electrons. The first kappa shape index (κ1) is 23.6. The molecule has 0 bridgehead atoms. The second-order valence-electron chi connectivity index (χ2n) is 7.78. The number of sulfonamides is 1. The number of anilines is 1. The number of fused-ring (bicyclic) bond motifs is 1. The van der Waals surface area contributed by atoms with E-state index in [-0.39, 0.29) is 0 Å². The van der Waals surface area contributed by atoms with Gasteiger partial charge in [-0.25, -0.2) is 8.42 Å². The van der Waals surface area contributed by atoms with Crippen LogP contribution in [0, 0.1) is 0 Å². The standard InChI is InChI=1S/C24H22ClN3O5S/c1-34(31,32)28-13-12-18-14-19(6-11-22(18)28)24(30)27-26-23(29)17-4-2-16(3-5-17)15-33-21-9-7-20(25)8-10-21/h2-11,14H,12-13,15H2,1H3,(H,26,29)(H,27,30). The molecule has 2 amide bonds. The van der Waals surface area contributed by atoms with Crippen LogP contribution in [-0.2, 0) is 23.1 Å². The van der Waals surface area contributed by atoms with E-state index in [1.807, 2.05) is 0 Å². The molecule has 3 aromatic carbocycles. The molecule has 1 aliphatic heterocycles. The number of carbonyl (C=O) groups is 2. The van der Waals surface area contributed by atoms with E-state index in [0.717, 1.165) is 17.4 Å². The van der Waals surface area contributed by atoms with Gasteiger partial charge in [-0.3, -0.25) is 24.7 Å². The monoisotopic (exact) mass is 499 g/mol. The largest absolute Gasteiger partial charge is 0.489 e. The Labute approximate surface area is 202 Å². The first-order valence-corrected chi connectivity index (χ1v) is 12.6. The summed E-state index contributed by atoms with van der Waals surface area (Å²) >= 11 is 5.86. The van der Waals surface area contributed by atoms with Crippen molar-refractivity contribution in [1.82, 2.24) is 10.9 Å². The van der Waals surface area contributed by atoms with E-state index in [0.29, 0.717) is 47.2 Å². The molecule has 0 spiro atoms. The molecule has 0 saturated heterocycles. The molecule has 0 fully saturated rings. The van der Waals surface area contributed by atoms with Crippen LogP contribution in [0.4, 0.5) is 5.69 Å². The summed E-state index contributed by atoms with van der Waals surface area (Å²) in [4.78, 5) is 24.9. The SMILES string of the molecule is CS(=O)(=O)N1CCc2cc(C(=O)NNC(=O)c3ccc(COc4ccc(Cl)cc4)cc3)ccc21. The summed E-state index contributed by atoms with van der Waals surface area (Å²) in [5, 5.41) is 0.629. The number of rotatable bonds is 6. The zero-order valence-electron chi connectivity index (χ0n) is 18.2. The van der Waals surface area contributed by atoms with Crippen molar-refractivity contribution in [2.45, 2.75) is 13.0 Å². The molecule has 0 aromatic heterocycles. The molecular formula is C24H22ClN3O5S. The van der Waals surface area contributed by atoms with Gasteiger partial charge in [0.1, 0.15) is 12.4 Å². The van der Waals surface area contributed by atoms with Gasteiger partial charge in [-0.05, 0) is 72.1 Å². The highest BCUT2D eigenvalue weighted by atomic mass is 35.5.